The molecule has 2 aromatic rings. The van der Waals surface area contributed by atoms with Gasteiger partial charge in [0.2, 0.25) is 5.91 Å². The van der Waals surface area contributed by atoms with Gasteiger partial charge in [-0.05, 0) is 35.1 Å². The van der Waals surface area contributed by atoms with E-state index in [0.717, 1.165) is 22.3 Å². The highest BCUT2D eigenvalue weighted by Crippen LogP contribution is 2.44. The maximum Gasteiger partial charge on any atom is 0.407 e. The lowest BCUT2D eigenvalue weighted by Gasteiger charge is -2.26. The van der Waals surface area contributed by atoms with Crippen molar-refractivity contribution in [2.24, 2.45) is 11.8 Å². The van der Waals surface area contributed by atoms with E-state index in [4.69, 9.17) is 9.84 Å². The van der Waals surface area contributed by atoms with Gasteiger partial charge in [0, 0.05) is 18.0 Å². The molecule has 33 heavy (non-hydrogen) atoms. The number of alkyl carbamates (subject to hydrolysis) is 1. The predicted octanol–water partition coefficient (Wildman–Crippen LogP) is 4.17. The van der Waals surface area contributed by atoms with Gasteiger partial charge >= 0.3 is 12.1 Å². The quantitative estimate of drug-likeness (QED) is 0.530. The Labute approximate surface area is 194 Å². The molecular formula is C26H32N2O5. The van der Waals surface area contributed by atoms with Crippen molar-refractivity contribution in [3.05, 3.63) is 59.7 Å². The highest BCUT2D eigenvalue weighted by Gasteiger charge is 2.30. The predicted molar refractivity (Wildman–Crippen MR) is 126 cm³/mol. The van der Waals surface area contributed by atoms with Crippen LogP contribution < -0.4 is 10.6 Å². The Morgan fingerprint density at radius 2 is 1.45 bits per heavy atom. The number of fused-ring (bicyclic) bond motifs is 3. The zero-order chi connectivity index (χ0) is 24.1. The normalized spacial score (nSPS) is 15.2. The molecule has 2 aromatic carbocycles. The lowest BCUT2D eigenvalue weighted by atomic mass is 9.97. The SMILES string of the molecule is CC(NC(=O)OCC1c2ccccc2-c2ccccc21)C(C)C(=O)N[C@@H](CC(=O)O)C(C)C. The van der Waals surface area contributed by atoms with E-state index in [1.807, 2.05) is 38.1 Å². The fourth-order valence-corrected chi connectivity index (χ4v) is 4.13. The van der Waals surface area contributed by atoms with Crippen molar-refractivity contribution in [1.29, 1.82) is 0 Å². The molecule has 0 aromatic heterocycles. The Morgan fingerprint density at radius 1 is 0.909 bits per heavy atom. The lowest BCUT2D eigenvalue weighted by molar-refractivity contribution is -0.138. The summed E-state index contributed by atoms with van der Waals surface area (Å²) in [6, 6.07) is 15.3. The number of aliphatic carboxylic acids is 1. The minimum atomic E-state index is -0.966. The molecule has 3 rings (SSSR count). The third-order valence-electron chi connectivity index (χ3n) is 6.38. The van der Waals surface area contributed by atoms with Crippen molar-refractivity contribution in [1.82, 2.24) is 10.6 Å². The zero-order valence-corrected chi connectivity index (χ0v) is 19.5. The number of amides is 2. The minimum absolute atomic E-state index is 0.0253. The van der Waals surface area contributed by atoms with Crippen molar-refractivity contribution in [3.8, 4) is 11.1 Å². The van der Waals surface area contributed by atoms with E-state index in [-0.39, 0.29) is 30.8 Å². The van der Waals surface area contributed by atoms with E-state index in [1.165, 1.54) is 0 Å². The third kappa shape index (κ3) is 5.72. The topological polar surface area (TPSA) is 105 Å². The molecule has 0 saturated carbocycles. The summed E-state index contributed by atoms with van der Waals surface area (Å²) in [5.41, 5.74) is 4.57. The van der Waals surface area contributed by atoms with E-state index in [1.54, 1.807) is 13.8 Å². The maximum absolute atomic E-state index is 12.6. The smallest absolute Gasteiger partial charge is 0.407 e. The van der Waals surface area contributed by atoms with Gasteiger partial charge in [0.1, 0.15) is 6.61 Å². The summed E-state index contributed by atoms with van der Waals surface area (Å²) in [6.45, 7) is 7.34. The fraction of sp³-hybridized carbons (Fsp3) is 0.423. The van der Waals surface area contributed by atoms with Crippen molar-refractivity contribution in [2.75, 3.05) is 6.61 Å². The van der Waals surface area contributed by atoms with Gasteiger partial charge in [-0.15, -0.1) is 0 Å². The van der Waals surface area contributed by atoms with Crippen molar-refractivity contribution in [2.45, 2.75) is 52.1 Å². The molecule has 0 bridgehead atoms. The largest absolute Gasteiger partial charge is 0.481 e. The molecule has 0 saturated heterocycles. The molecule has 0 radical (unpaired) electrons. The zero-order valence-electron chi connectivity index (χ0n) is 19.5. The van der Waals surface area contributed by atoms with Crippen LogP contribution >= 0.6 is 0 Å². The van der Waals surface area contributed by atoms with Gasteiger partial charge < -0.3 is 20.5 Å². The van der Waals surface area contributed by atoms with E-state index >= 15 is 0 Å². The van der Waals surface area contributed by atoms with Gasteiger partial charge in [0.25, 0.3) is 0 Å². The third-order valence-corrected chi connectivity index (χ3v) is 6.38. The van der Waals surface area contributed by atoms with Crippen molar-refractivity contribution < 1.29 is 24.2 Å². The first-order valence-corrected chi connectivity index (χ1v) is 11.3. The highest BCUT2D eigenvalue weighted by atomic mass is 16.5. The van der Waals surface area contributed by atoms with E-state index in [0.29, 0.717) is 0 Å². The summed E-state index contributed by atoms with van der Waals surface area (Å²) >= 11 is 0. The average molecular weight is 453 g/mol. The van der Waals surface area contributed by atoms with Crippen LogP contribution in [0.3, 0.4) is 0 Å². The van der Waals surface area contributed by atoms with Crippen LogP contribution in [0.4, 0.5) is 4.79 Å². The van der Waals surface area contributed by atoms with Crippen LogP contribution in [0.5, 0.6) is 0 Å². The monoisotopic (exact) mass is 452 g/mol. The van der Waals surface area contributed by atoms with Crippen LogP contribution in [0.2, 0.25) is 0 Å². The fourth-order valence-electron chi connectivity index (χ4n) is 4.13. The van der Waals surface area contributed by atoms with Crippen molar-refractivity contribution in [3.63, 3.8) is 0 Å². The lowest BCUT2D eigenvalue weighted by Crippen LogP contribution is -2.48. The van der Waals surface area contributed by atoms with Crippen LogP contribution in [0, 0.1) is 11.8 Å². The molecule has 3 N–H and O–H groups in total. The average Bonchev–Trinajstić information content (AvgIpc) is 3.10. The number of carboxylic acid groups (broad SMARTS) is 1. The second-order valence-electron chi connectivity index (χ2n) is 9.00. The number of benzene rings is 2. The molecule has 3 atom stereocenters. The highest BCUT2D eigenvalue weighted by molar-refractivity contribution is 5.81. The Kier molecular flexibility index (Phi) is 7.74. The van der Waals surface area contributed by atoms with E-state index < -0.39 is 30.1 Å². The summed E-state index contributed by atoms with van der Waals surface area (Å²) in [6.07, 6.45) is -0.736. The molecule has 2 amide bonds. The molecule has 176 valence electrons. The van der Waals surface area contributed by atoms with E-state index in [2.05, 4.69) is 34.9 Å². The summed E-state index contributed by atoms with van der Waals surface area (Å²) < 4.78 is 5.55. The van der Waals surface area contributed by atoms with Gasteiger partial charge in [0.15, 0.2) is 0 Å². The second kappa shape index (κ2) is 10.5. The van der Waals surface area contributed by atoms with Crippen LogP contribution in [-0.4, -0.2) is 41.8 Å². The Hall–Kier alpha value is -3.35. The number of carbonyl (C=O) groups excluding carboxylic acids is 2. The first-order valence-electron chi connectivity index (χ1n) is 11.3. The first kappa shape index (κ1) is 24.3. The first-order chi connectivity index (χ1) is 15.7. The van der Waals surface area contributed by atoms with E-state index in [9.17, 15) is 14.4 Å². The number of hydrogen-bond donors (Lipinski definition) is 3. The van der Waals surface area contributed by atoms with Crippen LogP contribution in [0.15, 0.2) is 48.5 Å². The number of nitrogens with one attached hydrogen (secondary N) is 2. The van der Waals surface area contributed by atoms with Crippen LogP contribution in [-0.2, 0) is 14.3 Å². The standard InChI is InChI=1S/C26H32N2O5/c1-15(2)23(13-24(29)30)28-25(31)16(3)17(4)27-26(32)33-14-22-20-11-7-5-9-18(20)19-10-6-8-12-21(19)22/h5-12,15-17,22-23H,13-14H2,1-4H3,(H,27,32)(H,28,31)(H,29,30)/t16?,17?,23-/m0/s1. The van der Waals surface area contributed by atoms with Crippen LogP contribution in [0.25, 0.3) is 11.1 Å². The van der Waals surface area contributed by atoms with Gasteiger partial charge in [-0.3, -0.25) is 9.59 Å². The van der Waals surface area contributed by atoms with Gasteiger partial charge in [0.05, 0.1) is 12.3 Å². The summed E-state index contributed by atoms with van der Waals surface area (Å²) in [5, 5.41) is 14.6. The molecule has 1 aliphatic rings. The molecule has 0 heterocycles. The van der Waals surface area contributed by atoms with Gasteiger partial charge in [-0.1, -0.05) is 69.3 Å². The summed E-state index contributed by atoms with van der Waals surface area (Å²) in [4.78, 5) is 36.2. The van der Waals surface area contributed by atoms with Crippen molar-refractivity contribution >= 4 is 18.0 Å². The molecule has 2 unspecified atom stereocenters. The number of hydrogen-bond acceptors (Lipinski definition) is 4. The number of ether oxygens (including phenoxy) is 1. The Bertz CT molecular complexity index is 974. The Morgan fingerprint density at radius 3 is 1.97 bits per heavy atom. The summed E-state index contributed by atoms with van der Waals surface area (Å²) in [5.74, 6) is -1.89. The maximum atomic E-state index is 12.6. The second-order valence-corrected chi connectivity index (χ2v) is 9.00. The van der Waals surface area contributed by atoms with Gasteiger partial charge in [-0.25, -0.2) is 4.79 Å². The minimum Gasteiger partial charge on any atom is -0.481 e. The molecule has 0 fully saturated rings. The molecule has 1 aliphatic carbocycles. The summed E-state index contributed by atoms with van der Waals surface area (Å²) in [7, 11) is 0. The Balaban J connectivity index is 1.56. The number of carboxylic acids is 1. The molecule has 0 aliphatic heterocycles. The molecular weight excluding hydrogens is 420 g/mol. The van der Waals surface area contributed by atoms with Crippen LogP contribution in [0.1, 0.15) is 51.2 Å². The molecule has 0 spiro atoms. The number of rotatable bonds is 9. The van der Waals surface area contributed by atoms with Gasteiger partial charge in [-0.2, -0.15) is 0 Å². The molecule has 7 heteroatoms. The number of carbonyl (C=O) groups is 3. The molecule has 7 nitrogen and oxygen atoms in total.